The second-order valence-corrected chi connectivity index (χ2v) is 8.96. The molecular weight excluding hydrogens is 462 g/mol. The molecule has 6 nitrogen and oxygen atoms in total. The Hall–Kier alpha value is -4.06. The zero-order chi connectivity index (χ0) is 25.9. The minimum Gasteiger partial charge on any atom is -0.493 e. The quantitative estimate of drug-likeness (QED) is 0.184. The summed E-state index contributed by atoms with van der Waals surface area (Å²) in [6, 6.07) is 24.0. The number of aromatic nitrogens is 2. The number of allylic oxidation sites excluding steroid dienone is 1. The van der Waals surface area contributed by atoms with Crippen molar-refractivity contribution in [3.63, 3.8) is 0 Å². The van der Waals surface area contributed by atoms with Gasteiger partial charge in [0.05, 0.1) is 31.2 Å². The van der Waals surface area contributed by atoms with Crippen molar-refractivity contribution < 1.29 is 14.3 Å². The van der Waals surface area contributed by atoms with E-state index in [9.17, 15) is 4.79 Å². The van der Waals surface area contributed by atoms with Gasteiger partial charge in [0.1, 0.15) is 5.82 Å². The summed E-state index contributed by atoms with van der Waals surface area (Å²) in [6.45, 7) is 5.79. The molecule has 1 aromatic heterocycles. The van der Waals surface area contributed by atoms with Crippen LogP contribution in [-0.4, -0.2) is 35.7 Å². The molecule has 0 atom stereocenters. The third-order valence-corrected chi connectivity index (χ3v) is 6.23. The first-order valence-electron chi connectivity index (χ1n) is 12.8. The van der Waals surface area contributed by atoms with Gasteiger partial charge in [0.2, 0.25) is 5.91 Å². The highest BCUT2D eigenvalue weighted by molar-refractivity contribution is 5.78. The van der Waals surface area contributed by atoms with Crippen molar-refractivity contribution in [2.45, 2.75) is 38.6 Å². The Kier molecular flexibility index (Phi) is 9.35. The number of rotatable bonds is 14. The average molecular weight is 498 g/mol. The molecule has 0 saturated heterocycles. The van der Waals surface area contributed by atoms with Gasteiger partial charge in [-0.1, -0.05) is 54.6 Å². The molecule has 0 aliphatic rings. The van der Waals surface area contributed by atoms with Crippen molar-refractivity contribution in [3.05, 3.63) is 102 Å². The summed E-state index contributed by atoms with van der Waals surface area (Å²) in [5.74, 6) is 2.56. The summed E-state index contributed by atoms with van der Waals surface area (Å²) in [5, 5.41) is 3.03. The van der Waals surface area contributed by atoms with Crippen LogP contribution < -0.4 is 14.8 Å². The Labute approximate surface area is 218 Å². The zero-order valence-electron chi connectivity index (χ0n) is 21.5. The van der Waals surface area contributed by atoms with Gasteiger partial charge in [-0.05, 0) is 54.7 Å². The number of imidazole rings is 1. The first-order chi connectivity index (χ1) is 18.2. The number of carbonyl (C=O) groups is 1. The van der Waals surface area contributed by atoms with Crippen molar-refractivity contribution in [3.8, 4) is 11.5 Å². The number of nitrogens with one attached hydrogen (secondary N) is 1. The summed E-state index contributed by atoms with van der Waals surface area (Å²) < 4.78 is 13.8. The average Bonchev–Trinajstić information content (AvgIpc) is 3.27. The van der Waals surface area contributed by atoms with Crippen molar-refractivity contribution in [1.82, 2.24) is 14.9 Å². The van der Waals surface area contributed by atoms with E-state index in [2.05, 4.69) is 22.5 Å². The number of hydrogen-bond donors (Lipinski definition) is 1. The monoisotopic (exact) mass is 497 g/mol. The van der Waals surface area contributed by atoms with Gasteiger partial charge in [0.15, 0.2) is 11.5 Å². The van der Waals surface area contributed by atoms with Gasteiger partial charge in [-0.2, -0.15) is 0 Å². The van der Waals surface area contributed by atoms with E-state index in [4.69, 9.17) is 14.5 Å². The van der Waals surface area contributed by atoms with E-state index in [-0.39, 0.29) is 5.91 Å². The predicted octanol–water partition coefficient (Wildman–Crippen LogP) is 5.53. The molecule has 1 N–H and O–H groups in total. The largest absolute Gasteiger partial charge is 0.493 e. The predicted molar refractivity (Wildman–Crippen MR) is 148 cm³/mol. The molecule has 4 rings (SSSR count). The highest BCUT2D eigenvalue weighted by Crippen LogP contribution is 2.28. The summed E-state index contributed by atoms with van der Waals surface area (Å²) in [4.78, 5) is 17.1. The molecule has 3 aromatic carbocycles. The zero-order valence-corrected chi connectivity index (χ0v) is 21.5. The van der Waals surface area contributed by atoms with Crippen LogP contribution in [0.1, 0.15) is 29.8 Å². The molecule has 0 aliphatic heterocycles. The summed E-state index contributed by atoms with van der Waals surface area (Å²) in [7, 11) is 1.66. The van der Waals surface area contributed by atoms with Crippen LogP contribution in [0.4, 0.5) is 0 Å². The van der Waals surface area contributed by atoms with Gasteiger partial charge in [-0.25, -0.2) is 4.98 Å². The lowest BCUT2D eigenvalue weighted by Crippen LogP contribution is -2.26. The Morgan fingerprint density at radius 3 is 2.62 bits per heavy atom. The van der Waals surface area contributed by atoms with Crippen LogP contribution in [0.15, 0.2) is 85.5 Å². The fourth-order valence-electron chi connectivity index (χ4n) is 4.41. The van der Waals surface area contributed by atoms with Gasteiger partial charge in [-0.15, -0.1) is 6.58 Å². The number of benzene rings is 3. The molecular formula is C31H35N3O3. The first-order valence-corrected chi connectivity index (χ1v) is 12.8. The molecule has 0 aliphatic carbocycles. The van der Waals surface area contributed by atoms with Crippen molar-refractivity contribution in [2.24, 2.45) is 0 Å². The fourth-order valence-corrected chi connectivity index (χ4v) is 4.41. The molecule has 1 amide bonds. The molecule has 37 heavy (non-hydrogen) atoms. The van der Waals surface area contributed by atoms with E-state index >= 15 is 0 Å². The molecule has 0 radical (unpaired) electrons. The minimum atomic E-state index is 0.0461. The number of hydrogen-bond acceptors (Lipinski definition) is 4. The number of para-hydroxylation sites is 2. The van der Waals surface area contributed by atoms with E-state index in [0.717, 1.165) is 71.7 Å². The molecule has 0 unspecified atom stereocenters. The SMILES string of the molecule is C=CCc1ccc(OCCCn2c(CCCNC(=O)Cc3ccccc3)nc3ccccc32)c(OC)c1. The van der Waals surface area contributed by atoms with Crippen LogP contribution in [0.2, 0.25) is 0 Å². The summed E-state index contributed by atoms with van der Waals surface area (Å²) in [5.41, 5.74) is 4.28. The Morgan fingerprint density at radius 1 is 1.00 bits per heavy atom. The lowest BCUT2D eigenvalue weighted by atomic mass is 10.1. The number of fused-ring (bicyclic) bond motifs is 1. The molecule has 192 valence electrons. The molecule has 0 fully saturated rings. The van der Waals surface area contributed by atoms with Gasteiger partial charge in [-0.3, -0.25) is 4.79 Å². The Morgan fingerprint density at radius 2 is 1.81 bits per heavy atom. The van der Waals surface area contributed by atoms with E-state index in [0.29, 0.717) is 19.6 Å². The third-order valence-electron chi connectivity index (χ3n) is 6.23. The van der Waals surface area contributed by atoms with E-state index < -0.39 is 0 Å². The molecule has 1 heterocycles. The van der Waals surface area contributed by atoms with Crippen molar-refractivity contribution in [2.75, 3.05) is 20.3 Å². The van der Waals surface area contributed by atoms with E-state index in [1.54, 1.807) is 7.11 Å². The van der Waals surface area contributed by atoms with Crippen LogP contribution in [-0.2, 0) is 30.6 Å². The molecule has 6 heteroatoms. The van der Waals surface area contributed by atoms with Gasteiger partial charge in [0, 0.05) is 19.5 Å². The van der Waals surface area contributed by atoms with Gasteiger partial charge >= 0.3 is 0 Å². The molecule has 0 bridgehead atoms. The topological polar surface area (TPSA) is 65.4 Å². The first kappa shape index (κ1) is 26.0. The van der Waals surface area contributed by atoms with Crippen LogP contribution >= 0.6 is 0 Å². The highest BCUT2D eigenvalue weighted by atomic mass is 16.5. The summed E-state index contributed by atoms with van der Waals surface area (Å²) in [6.07, 6.45) is 5.53. The Bertz CT molecular complexity index is 1310. The lowest BCUT2D eigenvalue weighted by Gasteiger charge is -2.13. The standard InChI is InChI=1S/C31H35N3O3/c1-3-11-24-17-18-28(29(22-24)36-2)37-21-10-20-34-27-15-8-7-14-26(27)33-30(34)16-9-19-32-31(35)23-25-12-5-4-6-13-25/h3-8,12-15,17-18,22H,1,9-11,16,19-21,23H2,2H3,(H,32,35). The van der Waals surface area contributed by atoms with Crippen LogP contribution in [0.5, 0.6) is 11.5 Å². The maximum Gasteiger partial charge on any atom is 0.224 e. The normalized spacial score (nSPS) is 10.8. The summed E-state index contributed by atoms with van der Waals surface area (Å²) >= 11 is 0. The highest BCUT2D eigenvalue weighted by Gasteiger charge is 2.11. The van der Waals surface area contributed by atoms with E-state index in [1.165, 1.54) is 0 Å². The maximum absolute atomic E-state index is 12.3. The maximum atomic E-state index is 12.3. The molecule has 0 spiro atoms. The van der Waals surface area contributed by atoms with Gasteiger partial charge in [0.25, 0.3) is 0 Å². The van der Waals surface area contributed by atoms with Crippen LogP contribution in [0, 0.1) is 0 Å². The number of aryl methyl sites for hydroxylation is 2. The second kappa shape index (κ2) is 13.3. The number of amides is 1. The minimum absolute atomic E-state index is 0.0461. The third kappa shape index (κ3) is 7.23. The second-order valence-electron chi connectivity index (χ2n) is 8.96. The number of methoxy groups -OCH3 is 1. The van der Waals surface area contributed by atoms with Crippen LogP contribution in [0.25, 0.3) is 11.0 Å². The fraction of sp³-hybridized carbons (Fsp3) is 0.290. The van der Waals surface area contributed by atoms with Crippen molar-refractivity contribution >= 4 is 16.9 Å². The van der Waals surface area contributed by atoms with Crippen molar-refractivity contribution in [1.29, 1.82) is 0 Å². The number of carbonyl (C=O) groups excluding carboxylic acids is 1. The number of ether oxygens (including phenoxy) is 2. The van der Waals surface area contributed by atoms with Crippen LogP contribution in [0.3, 0.4) is 0 Å². The van der Waals surface area contributed by atoms with Gasteiger partial charge < -0.3 is 19.4 Å². The molecule has 0 saturated carbocycles. The lowest BCUT2D eigenvalue weighted by molar-refractivity contribution is -0.120. The Balaban J connectivity index is 1.31. The molecule has 4 aromatic rings. The van der Waals surface area contributed by atoms with E-state index in [1.807, 2.05) is 72.8 Å². The number of nitrogens with zero attached hydrogens (tertiary/aromatic N) is 2. The smallest absolute Gasteiger partial charge is 0.224 e.